The summed E-state index contributed by atoms with van der Waals surface area (Å²) in [7, 11) is -3.74. The molecule has 1 saturated heterocycles. The van der Waals surface area contributed by atoms with Crippen molar-refractivity contribution >= 4 is 27.5 Å². The molecule has 0 bridgehead atoms. The molecule has 3 rings (SSSR count). The summed E-state index contributed by atoms with van der Waals surface area (Å²) in [6, 6.07) is 10.3. The summed E-state index contributed by atoms with van der Waals surface area (Å²) < 4.78 is 27.8. The van der Waals surface area contributed by atoms with Crippen molar-refractivity contribution in [3.05, 3.63) is 63.7 Å². The molecular weight excluding hydrogens is 420 g/mol. The second-order valence-electron chi connectivity index (χ2n) is 8.02. The molecule has 1 heterocycles. The highest BCUT2D eigenvalue weighted by molar-refractivity contribution is 7.89. The zero-order valence-corrected chi connectivity index (χ0v) is 19.3. The van der Waals surface area contributed by atoms with E-state index in [1.807, 2.05) is 32.9 Å². The Morgan fingerprint density at radius 2 is 1.70 bits per heavy atom. The van der Waals surface area contributed by atoms with E-state index in [1.165, 1.54) is 16.4 Å². The number of nitrogens with zero attached hydrogens (tertiary/aromatic N) is 1. The molecule has 162 valence electrons. The minimum atomic E-state index is -3.74. The van der Waals surface area contributed by atoms with Gasteiger partial charge in [0.25, 0.3) is 5.91 Å². The van der Waals surface area contributed by atoms with Crippen LogP contribution in [-0.2, 0) is 10.0 Å². The van der Waals surface area contributed by atoms with Crippen LogP contribution < -0.4 is 5.32 Å². The maximum absolute atomic E-state index is 13.2. The molecular formula is C23H29ClN2O3S. The van der Waals surface area contributed by atoms with Crippen LogP contribution in [0.2, 0.25) is 5.02 Å². The van der Waals surface area contributed by atoms with E-state index in [0.717, 1.165) is 42.4 Å². The molecule has 0 unspecified atom stereocenters. The Bertz CT molecular complexity index is 1030. The van der Waals surface area contributed by atoms with Crippen molar-refractivity contribution in [2.75, 3.05) is 13.1 Å². The van der Waals surface area contributed by atoms with E-state index in [1.54, 1.807) is 6.07 Å². The van der Waals surface area contributed by atoms with Crippen molar-refractivity contribution in [1.29, 1.82) is 0 Å². The zero-order chi connectivity index (χ0) is 21.9. The van der Waals surface area contributed by atoms with E-state index in [4.69, 9.17) is 11.6 Å². The van der Waals surface area contributed by atoms with Gasteiger partial charge in [-0.1, -0.05) is 48.2 Å². The maximum atomic E-state index is 13.2. The molecule has 0 saturated carbocycles. The highest BCUT2D eigenvalue weighted by Gasteiger charge is 2.28. The molecule has 5 nitrogen and oxygen atoms in total. The van der Waals surface area contributed by atoms with Crippen LogP contribution in [-0.4, -0.2) is 31.7 Å². The van der Waals surface area contributed by atoms with Gasteiger partial charge in [0.1, 0.15) is 4.90 Å². The van der Waals surface area contributed by atoms with E-state index < -0.39 is 10.0 Å². The number of hydrogen-bond donors (Lipinski definition) is 1. The van der Waals surface area contributed by atoms with E-state index in [2.05, 4.69) is 11.4 Å². The van der Waals surface area contributed by atoms with Gasteiger partial charge in [-0.05, 0) is 62.9 Å². The number of benzene rings is 2. The summed E-state index contributed by atoms with van der Waals surface area (Å²) >= 11 is 6.25. The first-order chi connectivity index (χ1) is 14.2. The second kappa shape index (κ2) is 9.50. The third-order valence-corrected chi connectivity index (χ3v) is 8.00. The fraction of sp³-hybridized carbons (Fsp3) is 0.435. The van der Waals surface area contributed by atoms with Crippen molar-refractivity contribution in [1.82, 2.24) is 9.62 Å². The third kappa shape index (κ3) is 5.05. The summed E-state index contributed by atoms with van der Waals surface area (Å²) in [5.74, 6) is -0.327. The SMILES string of the molecule is Cc1ccc([C@H](C)NC(=O)c2ccc(Cl)c(S(=O)(=O)N3CCCCCC3)c2)c(C)c1. The summed E-state index contributed by atoms with van der Waals surface area (Å²) in [5, 5.41) is 3.11. The molecule has 0 radical (unpaired) electrons. The van der Waals surface area contributed by atoms with Crippen molar-refractivity contribution in [2.45, 2.75) is 57.4 Å². The Hall–Kier alpha value is -1.89. The van der Waals surface area contributed by atoms with Gasteiger partial charge < -0.3 is 5.32 Å². The Kier molecular flexibility index (Phi) is 7.22. The quantitative estimate of drug-likeness (QED) is 0.698. The zero-order valence-electron chi connectivity index (χ0n) is 17.7. The lowest BCUT2D eigenvalue weighted by atomic mass is 10.00. The van der Waals surface area contributed by atoms with Crippen molar-refractivity contribution in [3.8, 4) is 0 Å². The second-order valence-corrected chi connectivity index (χ2v) is 10.3. The molecule has 0 spiro atoms. The molecule has 2 aromatic rings. The molecule has 0 aromatic heterocycles. The summed E-state index contributed by atoms with van der Waals surface area (Å²) in [6.45, 7) is 6.93. The summed E-state index contributed by atoms with van der Waals surface area (Å²) in [4.78, 5) is 12.9. The number of hydrogen-bond acceptors (Lipinski definition) is 3. The van der Waals surface area contributed by atoms with E-state index >= 15 is 0 Å². The first-order valence-electron chi connectivity index (χ1n) is 10.4. The average Bonchev–Trinajstić information content (AvgIpc) is 2.98. The maximum Gasteiger partial charge on any atom is 0.251 e. The molecule has 30 heavy (non-hydrogen) atoms. The number of halogens is 1. The van der Waals surface area contributed by atoms with Gasteiger partial charge in [-0.2, -0.15) is 4.31 Å². The predicted molar refractivity (Wildman–Crippen MR) is 120 cm³/mol. The number of nitrogens with one attached hydrogen (secondary N) is 1. The Balaban J connectivity index is 1.84. The molecule has 1 atom stereocenters. The largest absolute Gasteiger partial charge is 0.346 e. The highest BCUT2D eigenvalue weighted by Crippen LogP contribution is 2.28. The van der Waals surface area contributed by atoms with E-state index in [-0.39, 0.29) is 27.4 Å². The van der Waals surface area contributed by atoms with Gasteiger partial charge in [-0.25, -0.2) is 8.42 Å². The topological polar surface area (TPSA) is 66.5 Å². The first-order valence-corrected chi connectivity index (χ1v) is 12.2. The fourth-order valence-corrected chi connectivity index (χ4v) is 5.95. The Labute approximate surface area is 184 Å². The van der Waals surface area contributed by atoms with Crippen LogP contribution in [0.5, 0.6) is 0 Å². The van der Waals surface area contributed by atoms with E-state index in [0.29, 0.717) is 13.1 Å². The number of aryl methyl sites for hydroxylation is 2. The lowest BCUT2D eigenvalue weighted by Gasteiger charge is -2.21. The third-order valence-electron chi connectivity index (χ3n) is 5.62. The summed E-state index contributed by atoms with van der Waals surface area (Å²) in [5.41, 5.74) is 3.57. The van der Waals surface area contributed by atoms with Crippen LogP contribution >= 0.6 is 11.6 Å². The number of sulfonamides is 1. The number of carbonyl (C=O) groups is 1. The van der Waals surface area contributed by atoms with Gasteiger partial charge >= 0.3 is 0 Å². The molecule has 1 aliphatic heterocycles. The Morgan fingerprint density at radius 3 is 2.33 bits per heavy atom. The molecule has 2 aromatic carbocycles. The van der Waals surface area contributed by atoms with Crippen molar-refractivity contribution in [2.24, 2.45) is 0 Å². The lowest BCUT2D eigenvalue weighted by molar-refractivity contribution is 0.0939. The highest BCUT2D eigenvalue weighted by atomic mass is 35.5. The van der Waals surface area contributed by atoms with Crippen LogP contribution in [0.15, 0.2) is 41.3 Å². The van der Waals surface area contributed by atoms with Crippen LogP contribution in [0.3, 0.4) is 0 Å². The van der Waals surface area contributed by atoms with Gasteiger partial charge in [0.15, 0.2) is 0 Å². The summed E-state index contributed by atoms with van der Waals surface area (Å²) in [6.07, 6.45) is 3.73. The van der Waals surface area contributed by atoms with Gasteiger partial charge in [-0.3, -0.25) is 4.79 Å². The molecule has 1 aliphatic rings. The standard InChI is InChI=1S/C23H29ClN2O3S/c1-16-8-10-20(17(2)14-16)18(3)25-23(27)19-9-11-21(24)22(15-19)30(28,29)26-12-6-4-5-7-13-26/h8-11,14-15,18H,4-7,12-13H2,1-3H3,(H,25,27)/t18-/m0/s1. The average molecular weight is 449 g/mol. The molecule has 0 aliphatic carbocycles. The Morgan fingerprint density at radius 1 is 1.03 bits per heavy atom. The van der Waals surface area contributed by atoms with Crippen LogP contribution in [0, 0.1) is 13.8 Å². The van der Waals surface area contributed by atoms with Crippen molar-refractivity contribution in [3.63, 3.8) is 0 Å². The predicted octanol–water partition coefficient (Wildman–Crippen LogP) is 5.01. The minimum Gasteiger partial charge on any atom is -0.346 e. The smallest absolute Gasteiger partial charge is 0.251 e. The molecule has 7 heteroatoms. The van der Waals surface area contributed by atoms with Gasteiger partial charge in [0.2, 0.25) is 10.0 Å². The molecule has 1 fully saturated rings. The van der Waals surface area contributed by atoms with Gasteiger partial charge in [0, 0.05) is 18.7 Å². The lowest BCUT2D eigenvalue weighted by Crippen LogP contribution is -2.32. The number of rotatable bonds is 5. The van der Waals surface area contributed by atoms with Crippen LogP contribution in [0.1, 0.15) is 65.7 Å². The van der Waals surface area contributed by atoms with E-state index in [9.17, 15) is 13.2 Å². The van der Waals surface area contributed by atoms with Gasteiger partial charge in [-0.15, -0.1) is 0 Å². The number of amides is 1. The van der Waals surface area contributed by atoms with Crippen molar-refractivity contribution < 1.29 is 13.2 Å². The molecule has 1 N–H and O–H groups in total. The normalized spacial score (nSPS) is 16.7. The van der Waals surface area contributed by atoms with Gasteiger partial charge in [0.05, 0.1) is 11.1 Å². The number of carbonyl (C=O) groups excluding carboxylic acids is 1. The minimum absolute atomic E-state index is 0.00196. The van der Waals surface area contributed by atoms with Crippen LogP contribution in [0.4, 0.5) is 0 Å². The monoisotopic (exact) mass is 448 g/mol. The van der Waals surface area contributed by atoms with Crippen LogP contribution in [0.25, 0.3) is 0 Å². The fourth-order valence-electron chi connectivity index (χ4n) is 3.93. The first kappa shape index (κ1) is 22.8. The molecule has 1 amide bonds.